The molecule has 0 saturated carbocycles. The number of carbonyl (C=O) groups is 2. The molecule has 8 heteroatoms. The second kappa shape index (κ2) is 8.67. The molecule has 0 unspecified atom stereocenters. The van der Waals surface area contributed by atoms with Gasteiger partial charge in [0.2, 0.25) is 0 Å². The fourth-order valence-corrected chi connectivity index (χ4v) is 3.62. The molecule has 156 valence electrons. The number of rotatable bonds is 5. The number of hydrogen-bond donors (Lipinski definition) is 0. The van der Waals surface area contributed by atoms with Gasteiger partial charge in [-0.1, -0.05) is 23.7 Å². The fourth-order valence-electron chi connectivity index (χ4n) is 3.40. The number of para-hydroxylation sites is 1. The lowest BCUT2D eigenvalue weighted by atomic mass is 9.98. The van der Waals surface area contributed by atoms with E-state index in [1.807, 2.05) is 0 Å². The Hall–Kier alpha value is -3.19. The van der Waals surface area contributed by atoms with Crippen LogP contribution in [0.15, 0.2) is 35.1 Å². The molecular weight excluding hydrogens is 408 g/mol. The Labute approximate surface area is 178 Å². The van der Waals surface area contributed by atoms with Crippen molar-refractivity contribution in [3.05, 3.63) is 68.2 Å². The summed E-state index contributed by atoms with van der Waals surface area (Å²) in [6.45, 7) is 6.46. The number of aryl methyl sites for hydroxylation is 2. The Morgan fingerprint density at radius 1 is 1.17 bits per heavy atom. The summed E-state index contributed by atoms with van der Waals surface area (Å²) in [5.41, 5.74) is 1.83. The predicted octanol–water partition coefficient (Wildman–Crippen LogP) is 3.90. The Balaban J connectivity index is 2.39. The summed E-state index contributed by atoms with van der Waals surface area (Å²) in [7, 11) is 0. The number of aromatic nitrogens is 2. The second-order valence-electron chi connectivity index (χ2n) is 6.71. The van der Waals surface area contributed by atoms with Crippen molar-refractivity contribution in [3.63, 3.8) is 0 Å². The molecule has 0 bridgehead atoms. The van der Waals surface area contributed by atoms with E-state index < -0.39 is 17.5 Å². The minimum atomic E-state index is -0.500. The highest BCUT2D eigenvalue weighted by Crippen LogP contribution is 2.26. The van der Waals surface area contributed by atoms with Crippen LogP contribution in [0, 0.1) is 13.8 Å². The molecule has 30 heavy (non-hydrogen) atoms. The fraction of sp³-hybridized carbons (Fsp3) is 0.273. The Bertz CT molecular complexity index is 1220. The topological polar surface area (TPSA) is 87.5 Å². The van der Waals surface area contributed by atoms with Crippen molar-refractivity contribution in [2.45, 2.75) is 34.3 Å². The maximum absolute atomic E-state index is 13.6. The third kappa shape index (κ3) is 3.93. The molecule has 7 nitrogen and oxygen atoms in total. The van der Waals surface area contributed by atoms with Gasteiger partial charge in [-0.2, -0.15) is 0 Å². The molecule has 0 N–H and O–H groups in total. The van der Waals surface area contributed by atoms with Gasteiger partial charge < -0.3 is 9.47 Å². The lowest BCUT2D eigenvalue weighted by Crippen LogP contribution is -2.26. The molecule has 2 aromatic carbocycles. The van der Waals surface area contributed by atoms with Crippen LogP contribution in [-0.4, -0.2) is 28.1 Å². The van der Waals surface area contributed by atoms with Crippen LogP contribution in [-0.2, 0) is 20.9 Å². The Kier molecular flexibility index (Phi) is 6.22. The molecule has 0 spiro atoms. The first-order valence-electron chi connectivity index (χ1n) is 9.37. The van der Waals surface area contributed by atoms with Gasteiger partial charge in [-0.25, -0.2) is 9.78 Å². The standard InChI is InChI=1S/C22H21ClN2O5/c1-5-29-22(28)19-12(2)10-16-20(13(19)3)21(27)25(17-9-7-6-8-15(17)23)18(24-16)11-30-14(4)26/h6-10H,5,11H2,1-4H3. The van der Waals surface area contributed by atoms with Gasteiger partial charge in [0.05, 0.1) is 33.8 Å². The lowest BCUT2D eigenvalue weighted by molar-refractivity contribution is -0.142. The monoisotopic (exact) mass is 428 g/mol. The van der Waals surface area contributed by atoms with E-state index in [1.54, 1.807) is 51.1 Å². The molecule has 0 radical (unpaired) electrons. The minimum Gasteiger partial charge on any atom is -0.462 e. The molecule has 3 rings (SSSR count). The smallest absolute Gasteiger partial charge is 0.338 e. The first-order chi connectivity index (χ1) is 14.3. The van der Waals surface area contributed by atoms with Crippen LogP contribution in [0.1, 0.15) is 41.2 Å². The molecule has 0 aliphatic carbocycles. The summed E-state index contributed by atoms with van der Waals surface area (Å²) < 4.78 is 11.6. The van der Waals surface area contributed by atoms with Crippen LogP contribution >= 0.6 is 11.6 Å². The minimum absolute atomic E-state index is 0.205. The van der Waals surface area contributed by atoms with Crippen LogP contribution in [0.2, 0.25) is 5.02 Å². The number of carbonyl (C=O) groups excluding carboxylic acids is 2. The van der Waals surface area contributed by atoms with Crippen LogP contribution < -0.4 is 5.56 Å². The summed E-state index contributed by atoms with van der Waals surface area (Å²) in [4.78, 5) is 42.0. The van der Waals surface area contributed by atoms with Gasteiger partial charge in [-0.15, -0.1) is 0 Å². The van der Waals surface area contributed by atoms with Crippen LogP contribution in [0.25, 0.3) is 16.6 Å². The van der Waals surface area contributed by atoms with Crippen LogP contribution in [0.3, 0.4) is 0 Å². The van der Waals surface area contributed by atoms with E-state index in [2.05, 4.69) is 4.98 Å². The van der Waals surface area contributed by atoms with Gasteiger partial charge in [-0.05, 0) is 50.1 Å². The molecule has 0 aliphatic heterocycles. The summed E-state index contributed by atoms with van der Waals surface area (Å²) in [6, 6.07) is 8.45. The van der Waals surface area contributed by atoms with E-state index in [-0.39, 0.29) is 24.4 Å². The van der Waals surface area contributed by atoms with Crippen molar-refractivity contribution in [2.24, 2.45) is 0 Å². The average Bonchev–Trinajstić information content (AvgIpc) is 2.67. The molecule has 1 heterocycles. The zero-order valence-corrected chi connectivity index (χ0v) is 17.9. The van der Waals surface area contributed by atoms with E-state index in [0.29, 0.717) is 32.9 Å². The highest BCUT2D eigenvalue weighted by Gasteiger charge is 2.22. The number of halogens is 1. The zero-order valence-electron chi connectivity index (χ0n) is 17.1. The summed E-state index contributed by atoms with van der Waals surface area (Å²) in [5, 5.41) is 0.607. The Morgan fingerprint density at radius 3 is 2.50 bits per heavy atom. The second-order valence-corrected chi connectivity index (χ2v) is 7.12. The van der Waals surface area contributed by atoms with Crippen LogP contribution in [0.5, 0.6) is 0 Å². The number of fused-ring (bicyclic) bond motifs is 1. The van der Waals surface area contributed by atoms with Crippen molar-refractivity contribution in [3.8, 4) is 5.69 Å². The van der Waals surface area contributed by atoms with Gasteiger partial charge >= 0.3 is 11.9 Å². The normalized spacial score (nSPS) is 10.8. The maximum Gasteiger partial charge on any atom is 0.338 e. The first-order valence-corrected chi connectivity index (χ1v) is 9.75. The van der Waals surface area contributed by atoms with Crippen LogP contribution in [0.4, 0.5) is 0 Å². The highest BCUT2D eigenvalue weighted by molar-refractivity contribution is 6.32. The third-order valence-electron chi connectivity index (χ3n) is 4.66. The number of hydrogen-bond acceptors (Lipinski definition) is 6. The van der Waals surface area contributed by atoms with Gasteiger partial charge in [0.1, 0.15) is 6.61 Å². The van der Waals surface area contributed by atoms with E-state index >= 15 is 0 Å². The molecular formula is C22H21ClN2O5. The van der Waals surface area contributed by atoms with E-state index in [1.165, 1.54) is 11.5 Å². The summed E-state index contributed by atoms with van der Waals surface area (Å²) in [5.74, 6) is -0.777. The molecule has 0 fully saturated rings. The SMILES string of the molecule is CCOC(=O)c1c(C)cc2nc(COC(C)=O)n(-c3ccccc3Cl)c(=O)c2c1C. The average molecular weight is 429 g/mol. The van der Waals surface area contributed by atoms with E-state index in [0.717, 1.165) is 0 Å². The van der Waals surface area contributed by atoms with E-state index in [9.17, 15) is 14.4 Å². The number of nitrogens with zero attached hydrogens (tertiary/aromatic N) is 2. The van der Waals surface area contributed by atoms with Crippen molar-refractivity contribution in [2.75, 3.05) is 6.61 Å². The zero-order chi connectivity index (χ0) is 22.0. The van der Waals surface area contributed by atoms with Gasteiger partial charge in [0.15, 0.2) is 5.82 Å². The number of benzene rings is 2. The summed E-state index contributed by atoms with van der Waals surface area (Å²) >= 11 is 6.34. The van der Waals surface area contributed by atoms with E-state index in [4.69, 9.17) is 21.1 Å². The lowest BCUT2D eigenvalue weighted by Gasteiger charge is -2.17. The molecule has 0 saturated heterocycles. The van der Waals surface area contributed by atoms with Gasteiger partial charge in [-0.3, -0.25) is 14.2 Å². The van der Waals surface area contributed by atoms with Crippen molar-refractivity contribution >= 4 is 34.4 Å². The predicted molar refractivity (Wildman–Crippen MR) is 113 cm³/mol. The number of ether oxygens (including phenoxy) is 2. The van der Waals surface area contributed by atoms with Gasteiger partial charge in [0, 0.05) is 6.92 Å². The maximum atomic E-state index is 13.6. The molecule has 0 aliphatic rings. The molecule has 0 amide bonds. The van der Waals surface area contributed by atoms with Crippen molar-refractivity contribution < 1.29 is 19.1 Å². The molecule has 0 atom stereocenters. The van der Waals surface area contributed by atoms with Crippen molar-refractivity contribution in [1.29, 1.82) is 0 Å². The molecule has 1 aromatic heterocycles. The third-order valence-corrected chi connectivity index (χ3v) is 4.98. The highest BCUT2D eigenvalue weighted by atomic mass is 35.5. The Morgan fingerprint density at radius 2 is 1.87 bits per heavy atom. The first kappa shape index (κ1) is 21.5. The largest absolute Gasteiger partial charge is 0.462 e. The number of esters is 2. The quantitative estimate of drug-likeness (QED) is 0.573. The van der Waals surface area contributed by atoms with Crippen molar-refractivity contribution in [1.82, 2.24) is 9.55 Å². The molecule has 3 aromatic rings. The summed E-state index contributed by atoms with van der Waals surface area (Å²) in [6.07, 6.45) is 0. The van der Waals surface area contributed by atoms with Gasteiger partial charge in [0.25, 0.3) is 5.56 Å².